The van der Waals surface area contributed by atoms with Gasteiger partial charge in [-0.2, -0.15) is 0 Å². The van der Waals surface area contributed by atoms with Crippen LogP contribution in [0, 0.1) is 0 Å². The number of carbonyl (C=O) groups is 1. The van der Waals surface area contributed by atoms with Gasteiger partial charge in [0, 0.05) is 23.5 Å². The van der Waals surface area contributed by atoms with Gasteiger partial charge in [0.2, 0.25) is 0 Å². The molecule has 0 aliphatic rings. The van der Waals surface area contributed by atoms with E-state index in [0.717, 1.165) is 24.2 Å². The van der Waals surface area contributed by atoms with Crippen molar-refractivity contribution in [2.45, 2.75) is 13.8 Å². The second-order valence-corrected chi connectivity index (χ2v) is 4.98. The van der Waals surface area contributed by atoms with E-state index in [1.54, 1.807) is 11.3 Å². The molecule has 0 spiro atoms. The molecule has 2 nitrogen and oxygen atoms in total. The minimum Gasteiger partial charge on any atom is -0.339 e. The fourth-order valence-electron chi connectivity index (χ4n) is 1.94. The summed E-state index contributed by atoms with van der Waals surface area (Å²) in [5.41, 5.74) is 1.88. The van der Waals surface area contributed by atoms with E-state index in [1.165, 1.54) is 4.88 Å². The van der Waals surface area contributed by atoms with Crippen LogP contribution in [0.25, 0.3) is 10.4 Å². The minimum atomic E-state index is 0.110. The quantitative estimate of drug-likeness (QED) is 0.815. The predicted octanol–water partition coefficient (Wildman–Crippen LogP) is 3.90. The number of nitrogens with zero attached hydrogens (tertiary/aromatic N) is 1. The van der Waals surface area contributed by atoms with E-state index in [4.69, 9.17) is 0 Å². The minimum absolute atomic E-state index is 0.110. The summed E-state index contributed by atoms with van der Waals surface area (Å²) in [6.07, 6.45) is 0. The first-order valence-corrected chi connectivity index (χ1v) is 7.07. The smallest absolute Gasteiger partial charge is 0.253 e. The molecule has 0 saturated heterocycles. The third kappa shape index (κ3) is 2.62. The molecule has 0 N–H and O–H groups in total. The molecule has 0 fully saturated rings. The second-order valence-electron chi connectivity index (χ2n) is 4.04. The third-order valence-corrected chi connectivity index (χ3v) is 3.88. The van der Waals surface area contributed by atoms with Gasteiger partial charge in [0.15, 0.2) is 0 Å². The van der Waals surface area contributed by atoms with Crippen molar-refractivity contribution in [3.05, 3.63) is 47.3 Å². The molecule has 2 aromatic rings. The number of thiophene rings is 1. The number of amides is 1. The van der Waals surface area contributed by atoms with Gasteiger partial charge in [-0.3, -0.25) is 4.79 Å². The van der Waals surface area contributed by atoms with Gasteiger partial charge in [-0.1, -0.05) is 18.2 Å². The van der Waals surface area contributed by atoms with Crippen molar-refractivity contribution in [3.8, 4) is 10.4 Å². The topological polar surface area (TPSA) is 20.3 Å². The molecule has 1 heterocycles. The molecular weight excluding hydrogens is 242 g/mol. The molecule has 0 atom stereocenters. The highest BCUT2D eigenvalue weighted by Crippen LogP contribution is 2.25. The predicted molar refractivity (Wildman–Crippen MR) is 77.0 cm³/mol. The van der Waals surface area contributed by atoms with Crippen molar-refractivity contribution in [1.82, 2.24) is 4.90 Å². The molecule has 0 aliphatic heterocycles. The van der Waals surface area contributed by atoms with Crippen LogP contribution in [0.1, 0.15) is 24.2 Å². The average Bonchev–Trinajstić information content (AvgIpc) is 2.94. The molecule has 3 heteroatoms. The highest BCUT2D eigenvalue weighted by molar-refractivity contribution is 7.13. The second kappa shape index (κ2) is 5.83. The summed E-state index contributed by atoms with van der Waals surface area (Å²) in [5.74, 6) is 0.110. The van der Waals surface area contributed by atoms with E-state index in [1.807, 2.05) is 54.5 Å². The Bertz CT molecular complexity index is 515. The van der Waals surface area contributed by atoms with E-state index < -0.39 is 0 Å². The van der Waals surface area contributed by atoms with Crippen LogP contribution in [0.3, 0.4) is 0 Å². The Kier molecular flexibility index (Phi) is 4.15. The molecule has 0 aliphatic carbocycles. The molecule has 0 saturated carbocycles. The van der Waals surface area contributed by atoms with Crippen LogP contribution in [0.15, 0.2) is 41.8 Å². The summed E-state index contributed by atoms with van der Waals surface area (Å²) in [7, 11) is 0. The number of hydrogen-bond acceptors (Lipinski definition) is 2. The van der Waals surface area contributed by atoms with Crippen LogP contribution in [0.4, 0.5) is 0 Å². The van der Waals surface area contributed by atoms with Gasteiger partial charge in [0.25, 0.3) is 5.91 Å². The van der Waals surface area contributed by atoms with Gasteiger partial charge in [0.05, 0.1) is 0 Å². The van der Waals surface area contributed by atoms with Gasteiger partial charge in [0.1, 0.15) is 0 Å². The molecule has 1 aromatic carbocycles. The first-order valence-electron chi connectivity index (χ1n) is 6.19. The molecule has 0 unspecified atom stereocenters. The van der Waals surface area contributed by atoms with E-state index in [0.29, 0.717) is 0 Å². The molecule has 94 valence electrons. The summed E-state index contributed by atoms with van der Waals surface area (Å²) in [5, 5.41) is 2.05. The molecule has 1 aromatic heterocycles. The summed E-state index contributed by atoms with van der Waals surface area (Å²) in [6, 6.07) is 12.0. The third-order valence-electron chi connectivity index (χ3n) is 2.97. The lowest BCUT2D eigenvalue weighted by Gasteiger charge is -2.18. The van der Waals surface area contributed by atoms with Crippen LogP contribution in [-0.4, -0.2) is 23.9 Å². The Morgan fingerprint density at radius 2 is 1.94 bits per heavy atom. The van der Waals surface area contributed by atoms with Gasteiger partial charge >= 0.3 is 0 Å². The monoisotopic (exact) mass is 259 g/mol. The number of benzene rings is 1. The van der Waals surface area contributed by atoms with Crippen molar-refractivity contribution >= 4 is 17.2 Å². The van der Waals surface area contributed by atoms with Crippen molar-refractivity contribution in [1.29, 1.82) is 0 Å². The standard InChI is InChI=1S/C15H17NOS/c1-3-16(4-2)15(17)13-8-5-7-12(11-13)14-9-6-10-18-14/h5-11H,3-4H2,1-2H3. The Morgan fingerprint density at radius 1 is 1.17 bits per heavy atom. The average molecular weight is 259 g/mol. The summed E-state index contributed by atoms with van der Waals surface area (Å²) in [6.45, 7) is 5.51. The maximum Gasteiger partial charge on any atom is 0.253 e. The highest BCUT2D eigenvalue weighted by Gasteiger charge is 2.12. The van der Waals surface area contributed by atoms with Crippen LogP contribution in [-0.2, 0) is 0 Å². The number of rotatable bonds is 4. The Balaban J connectivity index is 2.30. The van der Waals surface area contributed by atoms with Gasteiger partial charge < -0.3 is 4.90 Å². The van der Waals surface area contributed by atoms with E-state index in [-0.39, 0.29) is 5.91 Å². The SMILES string of the molecule is CCN(CC)C(=O)c1cccc(-c2cccs2)c1. The molecule has 1 amide bonds. The first kappa shape index (κ1) is 12.8. The molecule has 18 heavy (non-hydrogen) atoms. The normalized spacial score (nSPS) is 10.3. The first-order chi connectivity index (χ1) is 8.76. The maximum atomic E-state index is 12.3. The summed E-state index contributed by atoms with van der Waals surface area (Å²) < 4.78 is 0. The lowest BCUT2D eigenvalue weighted by atomic mass is 10.1. The van der Waals surface area contributed by atoms with Gasteiger partial charge in [-0.25, -0.2) is 0 Å². The molecular formula is C15H17NOS. The zero-order chi connectivity index (χ0) is 13.0. The fourth-order valence-corrected chi connectivity index (χ4v) is 2.67. The van der Waals surface area contributed by atoms with Crippen LogP contribution in [0.5, 0.6) is 0 Å². The Labute approximate surface area is 112 Å². The zero-order valence-electron chi connectivity index (χ0n) is 10.7. The highest BCUT2D eigenvalue weighted by atomic mass is 32.1. The van der Waals surface area contributed by atoms with Crippen molar-refractivity contribution < 1.29 is 4.79 Å². The fraction of sp³-hybridized carbons (Fsp3) is 0.267. The summed E-state index contributed by atoms with van der Waals surface area (Å²) in [4.78, 5) is 15.3. The molecule has 2 rings (SSSR count). The zero-order valence-corrected chi connectivity index (χ0v) is 11.5. The lowest BCUT2D eigenvalue weighted by Crippen LogP contribution is -2.30. The van der Waals surface area contributed by atoms with E-state index in [2.05, 4.69) is 6.07 Å². The van der Waals surface area contributed by atoms with E-state index in [9.17, 15) is 4.79 Å². The van der Waals surface area contributed by atoms with Gasteiger partial charge in [-0.05, 0) is 43.0 Å². The maximum absolute atomic E-state index is 12.3. The van der Waals surface area contributed by atoms with Crippen LogP contribution >= 0.6 is 11.3 Å². The Hall–Kier alpha value is -1.61. The van der Waals surface area contributed by atoms with Gasteiger partial charge in [-0.15, -0.1) is 11.3 Å². The Morgan fingerprint density at radius 3 is 2.56 bits per heavy atom. The van der Waals surface area contributed by atoms with Crippen LogP contribution < -0.4 is 0 Å². The number of carbonyl (C=O) groups excluding carboxylic acids is 1. The van der Waals surface area contributed by atoms with Crippen LogP contribution in [0.2, 0.25) is 0 Å². The summed E-state index contributed by atoms with van der Waals surface area (Å²) >= 11 is 1.69. The lowest BCUT2D eigenvalue weighted by molar-refractivity contribution is 0.0773. The largest absolute Gasteiger partial charge is 0.339 e. The number of hydrogen-bond donors (Lipinski definition) is 0. The van der Waals surface area contributed by atoms with Crippen molar-refractivity contribution in [2.75, 3.05) is 13.1 Å². The molecule has 0 bridgehead atoms. The van der Waals surface area contributed by atoms with E-state index >= 15 is 0 Å². The van der Waals surface area contributed by atoms with Crippen molar-refractivity contribution in [3.63, 3.8) is 0 Å². The van der Waals surface area contributed by atoms with Crippen molar-refractivity contribution in [2.24, 2.45) is 0 Å². The molecule has 0 radical (unpaired) electrons.